The van der Waals surface area contributed by atoms with Crippen LogP contribution in [0.25, 0.3) is 0 Å². The summed E-state index contributed by atoms with van der Waals surface area (Å²) >= 11 is 0. The highest BCUT2D eigenvalue weighted by molar-refractivity contribution is 5.94. The van der Waals surface area contributed by atoms with Crippen molar-refractivity contribution in [2.24, 2.45) is 0 Å². The lowest BCUT2D eigenvalue weighted by atomic mass is 10.0. The number of halogens is 2. The molecular weight excluding hydrogens is 300 g/mol. The molecule has 1 amide bonds. The van der Waals surface area contributed by atoms with Gasteiger partial charge in [-0.15, -0.1) is 0 Å². The van der Waals surface area contributed by atoms with Crippen molar-refractivity contribution in [3.8, 4) is 5.75 Å². The number of carbonyl (C=O) groups excluding carboxylic acids is 1. The predicted molar refractivity (Wildman–Crippen MR) is 83.6 cm³/mol. The molecule has 0 aliphatic carbocycles. The van der Waals surface area contributed by atoms with Crippen LogP contribution in [-0.2, 0) is 11.2 Å². The van der Waals surface area contributed by atoms with Crippen molar-refractivity contribution in [1.29, 1.82) is 0 Å². The number of aryl methyl sites for hydroxylation is 1. The number of amides is 1. The van der Waals surface area contributed by atoms with Gasteiger partial charge in [0.05, 0.1) is 13.0 Å². The Morgan fingerprint density at radius 3 is 2.61 bits per heavy atom. The highest BCUT2D eigenvalue weighted by Gasteiger charge is 2.22. The van der Waals surface area contributed by atoms with Gasteiger partial charge in [-0.1, -0.05) is 0 Å². The molecule has 1 heterocycles. The molecule has 0 radical (unpaired) electrons. The quantitative estimate of drug-likeness (QED) is 0.860. The number of ether oxygens (including phenoxy) is 1. The highest BCUT2D eigenvalue weighted by Crippen LogP contribution is 2.28. The second-order valence-electron chi connectivity index (χ2n) is 5.47. The molecule has 23 heavy (non-hydrogen) atoms. The smallest absolute Gasteiger partial charge is 0.230 e. The number of nitrogens with zero attached hydrogens (tertiary/aromatic N) is 1. The topological polar surface area (TPSA) is 29.5 Å². The van der Waals surface area contributed by atoms with Crippen molar-refractivity contribution in [2.75, 3.05) is 18.1 Å². The van der Waals surface area contributed by atoms with Crippen LogP contribution >= 0.6 is 0 Å². The standard InChI is InChI=1S/C18H17F2NO2/c19-14-3-6-16(7-4-14)23-11-9-18(22)21-10-1-2-13-12-15(20)5-8-17(13)21/h3-8,12H,1-2,9-11H2. The molecule has 1 aliphatic heterocycles. The Morgan fingerprint density at radius 1 is 1.09 bits per heavy atom. The Kier molecular flexibility index (Phi) is 4.55. The molecule has 0 spiro atoms. The summed E-state index contributed by atoms with van der Waals surface area (Å²) in [7, 11) is 0. The van der Waals surface area contributed by atoms with E-state index in [1.807, 2.05) is 0 Å². The maximum absolute atomic E-state index is 13.3. The van der Waals surface area contributed by atoms with E-state index in [1.165, 1.54) is 36.4 Å². The molecule has 0 N–H and O–H groups in total. The number of benzene rings is 2. The molecule has 3 rings (SSSR count). The van der Waals surface area contributed by atoms with E-state index in [2.05, 4.69) is 0 Å². The Morgan fingerprint density at radius 2 is 1.83 bits per heavy atom. The van der Waals surface area contributed by atoms with E-state index in [4.69, 9.17) is 4.74 Å². The van der Waals surface area contributed by atoms with Crippen LogP contribution in [0.2, 0.25) is 0 Å². The first-order valence-corrected chi connectivity index (χ1v) is 7.60. The molecule has 3 nitrogen and oxygen atoms in total. The molecule has 0 aromatic heterocycles. The average Bonchev–Trinajstić information content (AvgIpc) is 2.55. The van der Waals surface area contributed by atoms with Crippen molar-refractivity contribution >= 4 is 11.6 Å². The number of rotatable bonds is 4. The molecule has 5 heteroatoms. The van der Waals surface area contributed by atoms with Gasteiger partial charge in [-0.05, 0) is 60.9 Å². The molecule has 2 aromatic carbocycles. The molecule has 0 bridgehead atoms. The maximum Gasteiger partial charge on any atom is 0.230 e. The van der Waals surface area contributed by atoms with Crippen molar-refractivity contribution < 1.29 is 18.3 Å². The fourth-order valence-electron chi connectivity index (χ4n) is 2.75. The van der Waals surface area contributed by atoms with Gasteiger partial charge in [0.15, 0.2) is 0 Å². The molecule has 0 atom stereocenters. The summed E-state index contributed by atoms with van der Waals surface area (Å²) in [6.07, 6.45) is 1.82. The molecule has 0 fully saturated rings. The summed E-state index contributed by atoms with van der Waals surface area (Å²) in [4.78, 5) is 14.1. The number of anilines is 1. The van der Waals surface area contributed by atoms with Crippen molar-refractivity contribution in [3.63, 3.8) is 0 Å². The normalized spacial score (nSPS) is 13.6. The fraction of sp³-hybridized carbons (Fsp3) is 0.278. The van der Waals surface area contributed by atoms with Crippen molar-refractivity contribution in [2.45, 2.75) is 19.3 Å². The molecule has 0 unspecified atom stereocenters. The van der Waals surface area contributed by atoms with Crippen LogP contribution in [0.3, 0.4) is 0 Å². The lowest BCUT2D eigenvalue weighted by Gasteiger charge is -2.29. The van der Waals surface area contributed by atoms with E-state index in [9.17, 15) is 13.6 Å². The molecule has 2 aromatic rings. The van der Waals surface area contributed by atoms with Crippen LogP contribution in [0.4, 0.5) is 14.5 Å². The summed E-state index contributed by atoms with van der Waals surface area (Å²) in [5.74, 6) is -0.136. The summed E-state index contributed by atoms with van der Waals surface area (Å²) in [6, 6.07) is 10.2. The highest BCUT2D eigenvalue weighted by atomic mass is 19.1. The van der Waals surface area contributed by atoms with Gasteiger partial charge in [-0.3, -0.25) is 4.79 Å². The van der Waals surface area contributed by atoms with Crippen LogP contribution in [0.5, 0.6) is 5.75 Å². The van der Waals surface area contributed by atoms with E-state index >= 15 is 0 Å². The van der Waals surface area contributed by atoms with Crippen LogP contribution in [-0.4, -0.2) is 19.1 Å². The lowest BCUT2D eigenvalue weighted by molar-refractivity contribution is -0.119. The largest absolute Gasteiger partial charge is 0.493 e. The minimum atomic E-state index is -0.328. The van der Waals surface area contributed by atoms with Crippen LogP contribution in [0.15, 0.2) is 42.5 Å². The van der Waals surface area contributed by atoms with Crippen LogP contribution < -0.4 is 9.64 Å². The zero-order valence-corrected chi connectivity index (χ0v) is 12.6. The Hall–Kier alpha value is -2.43. The van der Waals surface area contributed by atoms with Crippen LogP contribution in [0.1, 0.15) is 18.4 Å². The van der Waals surface area contributed by atoms with Crippen molar-refractivity contribution in [1.82, 2.24) is 0 Å². The van der Waals surface area contributed by atoms with E-state index in [0.717, 1.165) is 24.1 Å². The maximum atomic E-state index is 13.3. The summed E-state index contributed by atoms with van der Waals surface area (Å²) in [5.41, 5.74) is 1.65. The Balaban J connectivity index is 1.60. The fourth-order valence-corrected chi connectivity index (χ4v) is 2.75. The molecule has 120 valence electrons. The zero-order chi connectivity index (χ0) is 16.2. The van der Waals surface area contributed by atoms with Gasteiger partial charge in [0, 0.05) is 12.2 Å². The minimum Gasteiger partial charge on any atom is -0.493 e. The third-order valence-electron chi connectivity index (χ3n) is 3.86. The number of fused-ring (bicyclic) bond motifs is 1. The van der Waals surface area contributed by atoms with Gasteiger partial charge in [0.25, 0.3) is 0 Å². The zero-order valence-electron chi connectivity index (χ0n) is 12.6. The number of hydrogen-bond acceptors (Lipinski definition) is 2. The second-order valence-corrected chi connectivity index (χ2v) is 5.47. The number of hydrogen-bond donors (Lipinski definition) is 0. The Bertz CT molecular complexity index is 701. The average molecular weight is 317 g/mol. The van der Waals surface area contributed by atoms with Gasteiger partial charge in [-0.2, -0.15) is 0 Å². The minimum absolute atomic E-state index is 0.0559. The van der Waals surface area contributed by atoms with E-state index < -0.39 is 0 Å². The SMILES string of the molecule is O=C(CCOc1ccc(F)cc1)N1CCCc2cc(F)ccc21. The molecule has 0 saturated carbocycles. The van der Waals surface area contributed by atoms with Gasteiger partial charge in [0.2, 0.25) is 5.91 Å². The summed E-state index contributed by atoms with van der Waals surface area (Å²) < 4.78 is 31.6. The van der Waals surface area contributed by atoms with Gasteiger partial charge in [-0.25, -0.2) is 8.78 Å². The summed E-state index contributed by atoms with van der Waals surface area (Å²) in [5, 5.41) is 0. The second kappa shape index (κ2) is 6.77. The first kappa shape index (κ1) is 15.5. The van der Waals surface area contributed by atoms with Crippen molar-refractivity contribution in [3.05, 3.63) is 59.7 Å². The third-order valence-corrected chi connectivity index (χ3v) is 3.86. The van der Waals surface area contributed by atoms with E-state index in [-0.39, 0.29) is 30.6 Å². The van der Waals surface area contributed by atoms with Gasteiger partial charge >= 0.3 is 0 Å². The monoisotopic (exact) mass is 317 g/mol. The lowest BCUT2D eigenvalue weighted by Crippen LogP contribution is -2.36. The van der Waals surface area contributed by atoms with Crippen LogP contribution in [0, 0.1) is 11.6 Å². The molecular formula is C18H17F2NO2. The van der Waals surface area contributed by atoms with Gasteiger partial charge < -0.3 is 9.64 Å². The third kappa shape index (κ3) is 3.67. The molecule has 0 saturated heterocycles. The first-order valence-electron chi connectivity index (χ1n) is 7.60. The molecule has 1 aliphatic rings. The van der Waals surface area contributed by atoms with Gasteiger partial charge in [0.1, 0.15) is 17.4 Å². The Labute approximate surface area is 133 Å². The first-order chi connectivity index (χ1) is 11.1. The summed E-state index contributed by atoms with van der Waals surface area (Å²) in [6.45, 7) is 0.853. The van der Waals surface area contributed by atoms with E-state index in [1.54, 1.807) is 11.0 Å². The van der Waals surface area contributed by atoms with E-state index in [0.29, 0.717) is 12.3 Å². The number of carbonyl (C=O) groups is 1. The predicted octanol–water partition coefficient (Wildman–Crippen LogP) is 3.71.